The van der Waals surface area contributed by atoms with Gasteiger partial charge in [-0.1, -0.05) is 19.8 Å². The predicted octanol–water partition coefficient (Wildman–Crippen LogP) is 3.75. The number of aryl methyl sites for hydroxylation is 1. The van der Waals surface area contributed by atoms with Crippen LogP contribution in [0.15, 0.2) is 11.1 Å². The van der Waals surface area contributed by atoms with E-state index in [4.69, 9.17) is 0 Å². The van der Waals surface area contributed by atoms with E-state index in [1.165, 1.54) is 31.4 Å². The van der Waals surface area contributed by atoms with Crippen molar-refractivity contribution in [3.8, 4) is 0 Å². The van der Waals surface area contributed by atoms with Gasteiger partial charge in [0.25, 0.3) is 0 Å². The Bertz CT molecular complexity index is 375. The van der Waals surface area contributed by atoms with Crippen molar-refractivity contribution < 1.29 is 0 Å². The third kappa shape index (κ3) is 3.87. The third-order valence-electron chi connectivity index (χ3n) is 3.42. The molecular weight excluding hydrogens is 242 g/mol. The summed E-state index contributed by atoms with van der Waals surface area (Å²) in [4.78, 5) is 9.13. The monoisotopic (exact) mass is 265 g/mol. The Morgan fingerprint density at radius 1 is 1.33 bits per heavy atom. The quantitative estimate of drug-likeness (QED) is 0.628. The van der Waals surface area contributed by atoms with E-state index >= 15 is 0 Å². The van der Waals surface area contributed by atoms with Gasteiger partial charge in [0.05, 0.1) is 0 Å². The molecule has 1 aliphatic rings. The number of aromatic nitrogens is 2. The molecular formula is C14H23N3S. The van der Waals surface area contributed by atoms with Crippen LogP contribution in [0.3, 0.4) is 0 Å². The summed E-state index contributed by atoms with van der Waals surface area (Å²) in [6.07, 6.45) is 7.69. The van der Waals surface area contributed by atoms with Crippen LogP contribution in [-0.2, 0) is 6.42 Å². The molecule has 1 aromatic rings. The molecule has 2 rings (SSSR count). The van der Waals surface area contributed by atoms with E-state index < -0.39 is 0 Å². The topological polar surface area (TPSA) is 37.8 Å². The highest BCUT2D eigenvalue weighted by molar-refractivity contribution is 7.99. The van der Waals surface area contributed by atoms with E-state index in [9.17, 15) is 0 Å². The lowest BCUT2D eigenvalue weighted by Crippen LogP contribution is -2.03. The van der Waals surface area contributed by atoms with Gasteiger partial charge in [-0.15, -0.1) is 11.8 Å². The van der Waals surface area contributed by atoms with Crippen molar-refractivity contribution in [2.24, 2.45) is 5.92 Å². The van der Waals surface area contributed by atoms with E-state index in [2.05, 4.69) is 28.3 Å². The number of rotatable bonds is 6. The fourth-order valence-corrected chi connectivity index (χ4v) is 3.50. The first-order valence-electron chi connectivity index (χ1n) is 7.00. The van der Waals surface area contributed by atoms with Crippen LogP contribution in [0.4, 0.5) is 5.82 Å². The average Bonchev–Trinajstić information content (AvgIpc) is 2.89. The summed E-state index contributed by atoms with van der Waals surface area (Å²) in [5, 5.41) is 4.26. The van der Waals surface area contributed by atoms with E-state index in [0.717, 1.165) is 35.4 Å². The van der Waals surface area contributed by atoms with Crippen molar-refractivity contribution in [1.82, 2.24) is 9.97 Å². The standard InChI is InChI=1S/C14H23N3S/c1-3-6-12-16-13(15-2)9-14(17-12)18-10-11-7-4-5-8-11/h9,11H,3-8,10H2,1-2H3,(H,15,16,17). The second-order valence-corrected chi connectivity index (χ2v) is 6.01. The number of hydrogen-bond donors (Lipinski definition) is 1. The predicted molar refractivity (Wildman–Crippen MR) is 78.3 cm³/mol. The van der Waals surface area contributed by atoms with Crippen LogP contribution >= 0.6 is 11.8 Å². The molecule has 0 unspecified atom stereocenters. The van der Waals surface area contributed by atoms with Crippen LogP contribution in [0, 0.1) is 5.92 Å². The number of anilines is 1. The lowest BCUT2D eigenvalue weighted by atomic mass is 10.1. The second kappa shape index (κ2) is 6.98. The van der Waals surface area contributed by atoms with E-state index in [1.807, 2.05) is 18.8 Å². The molecule has 1 N–H and O–H groups in total. The molecule has 1 heterocycles. The average molecular weight is 265 g/mol. The smallest absolute Gasteiger partial charge is 0.132 e. The molecule has 0 amide bonds. The Morgan fingerprint density at radius 3 is 2.78 bits per heavy atom. The Balaban J connectivity index is 1.98. The first-order valence-corrected chi connectivity index (χ1v) is 7.99. The fraction of sp³-hybridized carbons (Fsp3) is 0.714. The maximum atomic E-state index is 4.64. The van der Waals surface area contributed by atoms with Gasteiger partial charge in [-0.2, -0.15) is 0 Å². The maximum absolute atomic E-state index is 4.64. The highest BCUT2D eigenvalue weighted by Crippen LogP contribution is 2.30. The molecule has 4 heteroatoms. The summed E-state index contributed by atoms with van der Waals surface area (Å²) < 4.78 is 0. The molecule has 1 saturated carbocycles. The molecule has 18 heavy (non-hydrogen) atoms. The van der Waals surface area contributed by atoms with Crippen molar-refractivity contribution in [2.75, 3.05) is 18.1 Å². The molecule has 0 bridgehead atoms. The summed E-state index contributed by atoms with van der Waals surface area (Å²) in [5.41, 5.74) is 0. The molecule has 0 saturated heterocycles. The van der Waals surface area contributed by atoms with Crippen molar-refractivity contribution in [3.63, 3.8) is 0 Å². The molecule has 1 fully saturated rings. The van der Waals surface area contributed by atoms with Crippen LogP contribution in [0.25, 0.3) is 0 Å². The number of thioether (sulfide) groups is 1. The van der Waals surface area contributed by atoms with Gasteiger partial charge in [-0.25, -0.2) is 9.97 Å². The van der Waals surface area contributed by atoms with Crippen molar-refractivity contribution in [1.29, 1.82) is 0 Å². The first kappa shape index (κ1) is 13.7. The Morgan fingerprint density at radius 2 is 2.11 bits per heavy atom. The zero-order valence-corrected chi connectivity index (χ0v) is 12.2. The molecule has 0 atom stereocenters. The highest BCUT2D eigenvalue weighted by atomic mass is 32.2. The van der Waals surface area contributed by atoms with Crippen LogP contribution < -0.4 is 5.32 Å². The molecule has 100 valence electrons. The molecule has 0 radical (unpaired) electrons. The van der Waals surface area contributed by atoms with Crippen molar-refractivity contribution in [3.05, 3.63) is 11.9 Å². The zero-order chi connectivity index (χ0) is 12.8. The van der Waals surface area contributed by atoms with Crippen molar-refractivity contribution in [2.45, 2.75) is 50.5 Å². The SMILES string of the molecule is CCCc1nc(NC)cc(SCC2CCCC2)n1. The molecule has 0 aliphatic heterocycles. The summed E-state index contributed by atoms with van der Waals surface area (Å²) in [5.74, 6) is 4.03. The molecule has 3 nitrogen and oxygen atoms in total. The van der Waals surface area contributed by atoms with Crippen LogP contribution in [0.5, 0.6) is 0 Å². The largest absolute Gasteiger partial charge is 0.373 e. The van der Waals surface area contributed by atoms with Gasteiger partial charge in [-0.05, 0) is 25.2 Å². The first-order chi connectivity index (χ1) is 8.81. The Labute approximate surface area is 114 Å². The minimum Gasteiger partial charge on any atom is -0.373 e. The molecule has 0 spiro atoms. The summed E-state index contributed by atoms with van der Waals surface area (Å²) in [6.45, 7) is 2.17. The van der Waals surface area contributed by atoms with E-state index in [0.29, 0.717) is 0 Å². The number of nitrogens with one attached hydrogen (secondary N) is 1. The molecule has 1 aromatic heterocycles. The number of hydrogen-bond acceptors (Lipinski definition) is 4. The second-order valence-electron chi connectivity index (χ2n) is 4.97. The Hall–Kier alpha value is -0.770. The van der Waals surface area contributed by atoms with E-state index in [-0.39, 0.29) is 0 Å². The summed E-state index contributed by atoms with van der Waals surface area (Å²) in [6, 6.07) is 2.07. The zero-order valence-electron chi connectivity index (χ0n) is 11.4. The van der Waals surface area contributed by atoms with Crippen LogP contribution in [-0.4, -0.2) is 22.8 Å². The summed E-state index contributed by atoms with van der Waals surface area (Å²) >= 11 is 1.90. The third-order valence-corrected chi connectivity index (χ3v) is 4.56. The van der Waals surface area contributed by atoms with Gasteiger partial charge < -0.3 is 5.32 Å². The van der Waals surface area contributed by atoms with Gasteiger partial charge in [-0.3, -0.25) is 0 Å². The fourth-order valence-electron chi connectivity index (χ4n) is 2.39. The Kier molecular flexibility index (Phi) is 5.29. The van der Waals surface area contributed by atoms with Gasteiger partial charge in [0.15, 0.2) is 0 Å². The minimum atomic E-state index is 0.901. The van der Waals surface area contributed by atoms with Crippen LogP contribution in [0.1, 0.15) is 44.9 Å². The van der Waals surface area contributed by atoms with Crippen molar-refractivity contribution >= 4 is 17.6 Å². The molecule has 0 aromatic carbocycles. The molecule has 1 aliphatic carbocycles. The van der Waals surface area contributed by atoms with Gasteiger partial charge in [0, 0.05) is 25.3 Å². The lowest BCUT2D eigenvalue weighted by molar-refractivity contribution is 0.622. The lowest BCUT2D eigenvalue weighted by Gasteiger charge is -2.10. The summed E-state index contributed by atoms with van der Waals surface area (Å²) in [7, 11) is 1.92. The normalized spacial score (nSPS) is 16.1. The van der Waals surface area contributed by atoms with E-state index in [1.54, 1.807) is 0 Å². The van der Waals surface area contributed by atoms with Gasteiger partial charge in [0.1, 0.15) is 16.7 Å². The highest BCUT2D eigenvalue weighted by Gasteiger charge is 2.15. The number of nitrogens with zero attached hydrogens (tertiary/aromatic N) is 2. The maximum Gasteiger partial charge on any atom is 0.132 e. The minimum absolute atomic E-state index is 0.901. The van der Waals surface area contributed by atoms with Gasteiger partial charge >= 0.3 is 0 Å². The van der Waals surface area contributed by atoms with Gasteiger partial charge in [0.2, 0.25) is 0 Å². The van der Waals surface area contributed by atoms with Crippen LogP contribution in [0.2, 0.25) is 0 Å².